The van der Waals surface area contributed by atoms with E-state index in [-0.39, 0.29) is 12.1 Å². The molecular weight excluding hydrogens is 244 g/mol. The van der Waals surface area contributed by atoms with Gasteiger partial charge in [0.2, 0.25) is 0 Å². The molecule has 0 radical (unpaired) electrons. The molecule has 0 aliphatic rings. The molecule has 2 heterocycles. The van der Waals surface area contributed by atoms with Gasteiger partial charge >= 0.3 is 0 Å². The molecule has 2 rings (SSSR count). The summed E-state index contributed by atoms with van der Waals surface area (Å²) in [5, 5.41) is 2.12. The molecule has 0 aliphatic carbocycles. The average molecular weight is 264 g/mol. The first-order valence-electron chi connectivity index (χ1n) is 6.20. The van der Waals surface area contributed by atoms with E-state index in [1.54, 1.807) is 17.6 Å². The highest BCUT2D eigenvalue weighted by atomic mass is 32.1. The van der Waals surface area contributed by atoms with Crippen molar-refractivity contribution in [2.75, 3.05) is 13.6 Å². The number of nitrogens with zero attached hydrogens (tertiary/aromatic N) is 1. The lowest BCUT2D eigenvalue weighted by atomic mass is 10.1. The maximum absolute atomic E-state index is 6.08. The maximum atomic E-state index is 6.08. The van der Waals surface area contributed by atoms with Gasteiger partial charge in [-0.25, -0.2) is 0 Å². The highest BCUT2D eigenvalue weighted by Gasteiger charge is 2.23. The topological polar surface area (TPSA) is 42.4 Å². The van der Waals surface area contributed by atoms with Gasteiger partial charge in [0.15, 0.2) is 0 Å². The van der Waals surface area contributed by atoms with E-state index >= 15 is 0 Å². The minimum absolute atomic E-state index is 0.0458. The molecule has 2 aromatic rings. The van der Waals surface area contributed by atoms with Crippen LogP contribution in [0.2, 0.25) is 0 Å². The standard InChI is InChI=1S/C14H20N2OS/c1-11(15)14(13-6-3-9-17-13)16(2)8-7-12-5-4-10-18-12/h3-6,9-11,14H,7-8,15H2,1-2H3. The molecule has 98 valence electrons. The molecule has 2 aromatic heterocycles. The van der Waals surface area contributed by atoms with Crippen molar-refractivity contribution in [2.24, 2.45) is 5.73 Å². The van der Waals surface area contributed by atoms with Gasteiger partial charge in [-0.1, -0.05) is 6.07 Å². The Labute approximate surface area is 112 Å². The van der Waals surface area contributed by atoms with Gasteiger partial charge in [-0.3, -0.25) is 4.90 Å². The highest BCUT2D eigenvalue weighted by Crippen LogP contribution is 2.23. The van der Waals surface area contributed by atoms with Crippen LogP contribution in [-0.2, 0) is 6.42 Å². The number of hydrogen-bond donors (Lipinski definition) is 1. The minimum Gasteiger partial charge on any atom is -0.468 e. The Morgan fingerprint density at radius 1 is 1.39 bits per heavy atom. The van der Waals surface area contributed by atoms with Crippen LogP contribution in [0.5, 0.6) is 0 Å². The second-order valence-corrected chi connectivity index (χ2v) is 5.66. The summed E-state index contributed by atoms with van der Waals surface area (Å²) in [4.78, 5) is 3.67. The van der Waals surface area contributed by atoms with Gasteiger partial charge in [0.25, 0.3) is 0 Å². The van der Waals surface area contributed by atoms with Crippen molar-refractivity contribution in [1.82, 2.24) is 4.90 Å². The van der Waals surface area contributed by atoms with Crippen molar-refractivity contribution in [1.29, 1.82) is 0 Å². The third-order valence-corrected chi connectivity index (χ3v) is 4.03. The second kappa shape index (κ2) is 6.18. The summed E-state index contributed by atoms with van der Waals surface area (Å²) in [6.45, 7) is 3.00. The van der Waals surface area contributed by atoms with Gasteiger partial charge in [-0.15, -0.1) is 11.3 Å². The molecule has 18 heavy (non-hydrogen) atoms. The summed E-state index contributed by atoms with van der Waals surface area (Å²) >= 11 is 1.80. The molecule has 0 saturated heterocycles. The molecule has 0 saturated carbocycles. The zero-order valence-electron chi connectivity index (χ0n) is 10.9. The van der Waals surface area contributed by atoms with E-state index in [0.29, 0.717) is 0 Å². The number of likely N-dealkylation sites (N-methyl/N-ethyl adjacent to an activating group) is 1. The van der Waals surface area contributed by atoms with Crippen molar-refractivity contribution in [2.45, 2.75) is 25.4 Å². The van der Waals surface area contributed by atoms with E-state index in [9.17, 15) is 0 Å². The van der Waals surface area contributed by atoms with Crippen molar-refractivity contribution in [3.63, 3.8) is 0 Å². The van der Waals surface area contributed by atoms with E-state index in [2.05, 4.69) is 29.5 Å². The molecule has 0 bridgehead atoms. The molecular formula is C14H20N2OS. The fourth-order valence-electron chi connectivity index (χ4n) is 2.22. The number of hydrogen-bond acceptors (Lipinski definition) is 4. The third-order valence-electron chi connectivity index (χ3n) is 3.10. The van der Waals surface area contributed by atoms with E-state index in [1.165, 1.54) is 4.88 Å². The summed E-state index contributed by atoms with van der Waals surface area (Å²) in [6, 6.07) is 8.36. The smallest absolute Gasteiger partial charge is 0.122 e. The zero-order chi connectivity index (χ0) is 13.0. The van der Waals surface area contributed by atoms with Gasteiger partial charge in [-0.2, -0.15) is 0 Å². The molecule has 2 N–H and O–H groups in total. The first kappa shape index (κ1) is 13.3. The van der Waals surface area contributed by atoms with Crippen molar-refractivity contribution in [3.8, 4) is 0 Å². The lowest BCUT2D eigenvalue weighted by Crippen LogP contribution is -2.38. The Hall–Kier alpha value is -1.10. The van der Waals surface area contributed by atoms with Gasteiger partial charge in [0.1, 0.15) is 5.76 Å². The number of furan rings is 1. The van der Waals surface area contributed by atoms with Crippen LogP contribution in [0.25, 0.3) is 0 Å². The van der Waals surface area contributed by atoms with E-state index in [0.717, 1.165) is 18.7 Å². The van der Waals surface area contributed by atoms with Gasteiger partial charge in [0.05, 0.1) is 12.3 Å². The van der Waals surface area contributed by atoms with Crippen LogP contribution in [0, 0.1) is 0 Å². The van der Waals surface area contributed by atoms with Gasteiger partial charge < -0.3 is 10.2 Å². The SMILES string of the molecule is CC(N)C(c1ccco1)N(C)CCc1cccs1. The van der Waals surface area contributed by atoms with Crippen LogP contribution in [0.15, 0.2) is 40.3 Å². The first-order chi connectivity index (χ1) is 8.68. The van der Waals surface area contributed by atoms with Crippen LogP contribution < -0.4 is 5.73 Å². The molecule has 0 amide bonds. The Morgan fingerprint density at radius 2 is 2.22 bits per heavy atom. The monoisotopic (exact) mass is 264 g/mol. The Kier molecular flexibility index (Phi) is 4.58. The highest BCUT2D eigenvalue weighted by molar-refractivity contribution is 7.09. The predicted octanol–water partition coefficient (Wildman–Crippen LogP) is 2.90. The number of rotatable bonds is 6. The second-order valence-electron chi connectivity index (χ2n) is 4.63. The molecule has 2 unspecified atom stereocenters. The van der Waals surface area contributed by atoms with Crippen molar-refractivity contribution >= 4 is 11.3 Å². The molecule has 0 aromatic carbocycles. The quantitative estimate of drug-likeness (QED) is 0.872. The molecule has 2 atom stereocenters. The molecule has 0 fully saturated rings. The van der Waals surface area contributed by atoms with Crippen LogP contribution in [0.4, 0.5) is 0 Å². The van der Waals surface area contributed by atoms with E-state index in [4.69, 9.17) is 10.2 Å². The zero-order valence-corrected chi connectivity index (χ0v) is 11.7. The number of nitrogens with two attached hydrogens (primary N) is 1. The lowest BCUT2D eigenvalue weighted by molar-refractivity contribution is 0.194. The third kappa shape index (κ3) is 3.22. The Balaban J connectivity index is 1.98. The maximum Gasteiger partial charge on any atom is 0.122 e. The summed E-state index contributed by atoms with van der Waals surface area (Å²) in [5.74, 6) is 0.943. The van der Waals surface area contributed by atoms with Crippen molar-refractivity contribution in [3.05, 3.63) is 46.5 Å². The van der Waals surface area contributed by atoms with Crippen LogP contribution in [-0.4, -0.2) is 24.5 Å². The summed E-state index contributed by atoms with van der Waals surface area (Å²) in [5.41, 5.74) is 6.08. The van der Waals surface area contributed by atoms with Crippen LogP contribution in [0.1, 0.15) is 23.6 Å². The molecule has 4 heteroatoms. The molecule has 3 nitrogen and oxygen atoms in total. The molecule has 0 spiro atoms. The fraction of sp³-hybridized carbons (Fsp3) is 0.429. The Bertz CT molecular complexity index is 436. The van der Waals surface area contributed by atoms with E-state index < -0.39 is 0 Å². The number of thiophene rings is 1. The molecule has 0 aliphatic heterocycles. The van der Waals surface area contributed by atoms with Gasteiger partial charge in [0, 0.05) is 17.5 Å². The minimum atomic E-state index is 0.0458. The first-order valence-corrected chi connectivity index (χ1v) is 7.08. The summed E-state index contributed by atoms with van der Waals surface area (Å²) < 4.78 is 5.50. The van der Waals surface area contributed by atoms with Crippen molar-refractivity contribution < 1.29 is 4.42 Å². The lowest BCUT2D eigenvalue weighted by Gasteiger charge is -2.29. The van der Waals surface area contributed by atoms with Gasteiger partial charge in [-0.05, 0) is 44.0 Å². The Morgan fingerprint density at radius 3 is 2.78 bits per heavy atom. The fourth-order valence-corrected chi connectivity index (χ4v) is 2.92. The normalized spacial score (nSPS) is 14.9. The largest absolute Gasteiger partial charge is 0.468 e. The average Bonchev–Trinajstić information content (AvgIpc) is 2.99. The van der Waals surface area contributed by atoms with E-state index in [1.807, 2.05) is 19.1 Å². The van der Waals surface area contributed by atoms with Crippen LogP contribution >= 0.6 is 11.3 Å². The predicted molar refractivity (Wildman–Crippen MR) is 75.8 cm³/mol. The summed E-state index contributed by atoms with van der Waals surface area (Å²) in [7, 11) is 2.10. The van der Waals surface area contributed by atoms with Crippen LogP contribution in [0.3, 0.4) is 0 Å². The summed E-state index contributed by atoms with van der Waals surface area (Å²) in [6.07, 6.45) is 2.76.